The molecule has 0 fully saturated rings. The molecule has 42 heavy (non-hydrogen) atoms. The summed E-state index contributed by atoms with van der Waals surface area (Å²) in [6.45, 7) is 0. The monoisotopic (exact) mass is 552 g/mol. The summed E-state index contributed by atoms with van der Waals surface area (Å²) in [6, 6.07) is 36.1. The fourth-order valence-corrected chi connectivity index (χ4v) is 5.13. The molecule has 0 aromatic heterocycles. The fraction of sp³-hybridized carbons (Fsp3) is 0.111. The van der Waals surface area contributed by atoms with Crippen molar-refractivity contribution in [3.63, 3.8) is 0 Å². The molecule has 1 heterocycles. The number of nitrogens with one attached hydrogen (secondary N) is 1. The van der Waals surface area contributed by atoms with Gasteiger partial charge in [-0.15, -0.1) is 0 Å². The maximum absolute atomic E-state index is 12.1. The predicted octanol–water partition coefficient (Wildman–Crippen LogP) is 8.13. The van der Waals surface area contributed by atoms with Crippen LogP contribution in [0.25, 0.3) is 33.4 Å². The van der Waals surface area contributed by atoms with Crippen molar-refractivity contribution in [2.45, 2.75) is 0 Å². The van der Waals surface area contributed by atoms with Crippen LogP contribution in [-0.4, -0.2) is 34.5 Å². The Morgan fingerprint density at radius 3 is 2.05 bits per heavy atom. The van der Waals surface area contributed by atoms with Crippen LogP contribution in [0.5, 0.6) is 0 Å². The molecule has 1 aliphatic carbocycles. The van der Waals surface area contributed by atoms with E-state index in [1.165, 1.54) is 0 Å². The van der Waals surface area contributed by atoms with E-state index >= 15 is 0 Å². The third-order valence-electron chi connectivity index (χ3n) is 7.36. The second-order valence-electron chi connectivity index (χ2n) is 10.7. The molecular formula is C36H32N4O2. The summed E-state index contributed by atoms with van der Waals surface area (Å²) in [6.07, 6.45) is 0.908. The van der Waals surface area contributed by atoms with Crippen LogP contribution < -0.4 is 20.5 Å². The average molecular weight is 553 g/mol. The zero-order chi connectivity index (χ0) is 29.2. The molecule has 4 aromatic carbocycles. The number of fused-ring (bicyclic) bond motifs is 2. The zero-order valence-electron chi connectivity index (χ0n) is 24.1. The van der Waals surface area contributed by atoms with E-state index in [1.807, 2.05) is 94.9 Å². The van der Waals surface area contributed by atoms with Crippen LogP contribution in [0.3, 0.4) is 0 Å². The van der Waals surface area contributed by atoms with Crippen LogP contribution in [0.15, 0.2) is 119 Å². The standard InChI is InChI=1S/C36H32N4O2/c1-39(2)29-15-9-25(10-16-29)37-27-13-19-32-34(21-27)42-35-22-28(38-26-11-17-30(18-12-26)40(3)4)14-20-33(35)36(32)31-8-6-5-7-24(31)23-41/h5-23,37H,1-4H3. The third-order valence-corrected chi connectivity index (χ3v) is 7.36. The van der Waals surface area contributed by atoms with Crippen molar-refractivity contribution >= 4 is 45.7 Å². The highest BCUT2D eigenvalue weighted by molar-refractivity contribution is 6.06. The Morgan fingerprint density at radius 1 is 0.690 bits per heavy atom. The average Bonchev–Trinajstić information content (AvgIpc) is 3.00. The number of carbonyl (C=O) groups excluding carboxylic acids is 1. The van der Waals surface area contributed by atoms with Crippen molar-refractivity contribution in [1.82, 2.24) is 0 Å². The summed E-state index contributed by atoms with van der Waals surface area (Å²) < 4.78 is 6.54. The summed E-state index contributed by atoms with van der Waals surface area (Å²) in [5.74, 6) is 0.692. The molecule has 6 rings (SSSR count). The van der Waals surface area contributed by atoms with E-state index < -0.39 is 0 Å². The van der Waals surface area contributed by atoms with E-state index in [4.69, 9.17) is 9.41 Å². The predicted molar refractivity (Wildman–Crippen MR) is 174 cm³/mol. The van der Waals surface area contributed by atoms with Gasteiger partial charge in [0.05, 0.1) is 11.0 Å². The highest BCUT2D eigenvalue weighted by atomic mass is 16.3. The van der Waals surface area contributed by atoms with Crippen LogP contribution in [0.1, 0.15) is 10.4 Å². The molecule has 0 radical (unpaired) electrons. The highest BCUT2D eigenvalue weighted by Gasteiger charge is 2.19. The molecule has 0 unspecified atom stereocenters. The Balaban J connectivity index is 1.50. The minimum atomic E-state index is 0.629. The number of hydrogen-bond acceptors (Lipinski definition) is 6. The van der Waals surface area contributed by atoms with Crippen LogP contribution in [0.2, 0.25) is 0 Å². The first kappa shape index (κ1) is 26.8. The first-order valence-corrected chi connectivity index (χ1v) is 13.8. The number of carbonyl (C=O) groups is 1. The molecule has 6 heteroatoms. The van der Waals surface area contributed by atoms with Gasteiger partial charge in [0, 0.05) is 85.1 Å². The zero-order valence-corrected chi connectivity index (χ0v) is 24.1. The van der Waals surface area contributed by atoms with E-state index in [0.29, 0.717) is 16.9 Å². The molecule has 0 saturated carbocycles. The first-order valence-electron chi connectivity index (χ1n) is 13.8. The quantitative estimate of drug-likeness (QED) is 0.160. The van der Waals surface area contributed by atoms with Gasteiger partial charge >= 0.3 is 0 Å². The largest absolute Gasteiger partial charge is 0.456 e. The van der Waals surface area contributed by atoms with Gasteiger partial charge in [-0.05, 0) is 78.4 Å². The van der Waals surface area contributed by atoms with E-state index in [9.17, 15) is 4.79 Å². The third kappa shape index (κ3) is 5.34. The number of rotatable bonds is 7. The lowest BCUT2D eigenvalue weighted by Crippen LogP contribution is -2.08. The molecule has 0 amide bonds. The van der Waals surface area contributed by atoms with Gasteiger partial charge in [0.15, 0.2) is 6.29 Å². The number of anilines is 4. The Hall–Kier alpha value is -5.36. The van der Waals surface area contributed by atoms with Gasteiger partial charge < -0.3 is 19.5 Å². The van der Waals surface area contributed by atoms with Gasteiger partial charge in [-0.25, -0.2) is 4.99 Å². The van der Waals surface area contributed by atoms with Crippen molar-refractivity contribution in [3.05, 3.63) is 120 Å². The van der Waals surface area contributed by atoms with Gasteiger partial charge in [-0.3, -0.25) is 4.79 Å². The number of aldehydes is 1. The second kappa shape index (κ2) is 11.3. The summed E-state index contributed by atoms with van der Waals surface area (Å²) in [4.78, 5) is 21.0. The molecule has 0 atom stereocenters. The lowest BCUT2D eigenvalue weighted by Gasteiger charge is -2.17. The summed E-state index contributed by atoms with van der Waals surface area (Å²) in [5, 5.41) is 5.20. The lowest BCUT2D eigenvalue weighted by atomic mass is 9.91. The van der Waals surface area contributed by atoms with Crippen molar-refractivity contribution in [2.24, 2.45) is 4.99 Å². The normalized spacial score (nSPS) is 11.6. The van der Waals surface area contributed by atoms with Crippen LogP contribution >= 0.6 is 0 Å². The van der Waals surface area contributed by atoms with Crippen molar-refractivity contribution in [2.75, 3.05) is 43.3 Å². The number of hydrogen-bond donors (Lipinski definition) is 1. The maximum atomic E-state index is 12.1. The van der Waals surface area contributed by atoms with Crippen LogP contribution in [-0.2, 0) is 0 Å². The minimum absolute atomic E-state index is 0.629. The van der Waals surface area contributed by atoms with Gasteiger partial charge in [0.25, 0.3) is 0 Å². The molecule has 6 nitrogen and oxygen atoms in total. The molecular weight excluding hydrogens is 520 g/mol. The molecule has 1 aliphatic heterocycles. The van der Waals surface area contributed by atoms with Gasteiger partial charge in [-0.1, -0.05) is 24.3 Å². The smallest absolute Gasteiger partial charge is 0.150 e. The Bertz CT molecular complexity index is 1920. The topological polar surface area (TPSA) is 61.1 Å². The van der Waals surface area contributed by atoms with Crippen molar-refractivity contribution in [1.29, 1.82) is 0 Å². The molecule has 208 valence electrons. The molecule has 0 spiro atoms. The molecule has 2 aliphatic rings. The van der Waals surface area contributed by atoms with Crippen molar-refractivity contribution < 1.29 is 9.21 Å². The summed E-state index contributed by atoms with van der Waals surface area (Å²) in [7, 11) is 8.08. The van der Waals surface area contributed by atoms with E-state index in [-0.39, 0.29) is 0 Å². The van der Waals surface area contributed by atoms with Gasteiger partial charge in [0.1, 0.15) is 11.3 Å². The first-order chi connectivity index (χ1) is 20.4. The molecule has 4 aromatic rings. The second-order valence-corrected chi connectivity index (χ2v) is 10.7. The summed E-state index contributed by atoms with van der Waals surface area (Å²) >= 11 is 0. The summed E-state index contributed by atoms with van der Waals surface area (Å²) in [5.41, 5.74) is 9.06. The van der Waals surface area contributed by atoms with E-state index in [2.05, 4.69) is 57.6 Å². The van der Waals surface area contributed by atoms with E-state index in [0.717, 1.165) is 62.2 Å². The van der Waals surface area contributed by atoms with Crippen LogP contribution in [0.4, 0.5) is 28.4 Å². The Morgan fingerprint density at radius 2 is 1.36 bits per heavy atom. The Kier molecular flexibility index (Phi) is 7.19. The number of benzene rings is 5. The Labute approximate surface area is 245 Å². The molecule has 1 N–H and O–H groups in total. The van der Waals surface area contributed by atoms with Crippen LogP contribution in [0, 0.1) is 0 Å². The maximum Gasteiger partial charge on any atom is 0.150 e. The SMILES string of the molecule is CN(C)c1ccc(N=c2ccc3c(-c4ccccc4C=O)c4ccc(Nc5ccc(N(C)C)cc5)cc4oc-3c2)cc1. The fourth-order valence-electron chi connectivity index (χ4n) is 5.13. The minimum Gasteiger partial charge on any atom is -0.456 e. The van der Waals surface area contributed by atoms with Gasteiger partial charge in [-0.2, -0.15) is 0 Å². The van der Waals surface area contributed by atoms with Gasteiger partial charge in [0.2, 0.25) is 0 Å². The lowest BCUT2D eigenvalue weighted by molar-refractivity contribution is 0.112. The highest BCUT2D eigenvalue weighted by Crippen LogP contribution is 2.41. The molecule has 0 saturated heterocycles. The number of nitrogens with zero attached hydrogens (tertiary/aromatic N) is 3. The van der Waals surface area contributed by atoms with E-state index in [1.54, 1.807) is 0 Å². The molecule has 0 bridgehead atoms. The van der Waals surface area contributed by atoms with Crippen molar-refractivity contribution in [3.8, 4) is 22.5 Å².